The first-order valence-electron chi connectivity index (χ1n) is 8.67. The molecule has 142 valence electrons. The third kappa shape index (κ3) is 5.63. The predicted octanol–water partition coefficient (Wildman–Crippen LogP) is 2.64. The Morgan fingerprint density at radius 3 is 2.65 bits per heavy atom. The van der Waals surface area contributed by atoms with Gasteiger partial charge in [0.1, 0.15) is 6.73 Å². The maximum Gasteiger partial charge on any atom is 0.397 e. The molecule has 0 spiro atoms. The normalized spacial score (nSPS) is 11.5. The number of carbonyl (C=O) groups excluding carboxylic acids is 2. The number of ether oxygens (including phenoxy) is 2. The molecule has 0 fully saturated rings. The monoisotopic (exact) mass is 378 g/mol. The summed E-state index contributed by atoms with van der Waals surface area (Å²) in [6, 6.07) is 1.06. The molecule has 0 radical (unpaired) electrons. The summed E-state index contributed by atoms with van der Waals surface area (Å²) in [5.74, 6) is -1.75. The van der Waals surface area contributed by atoms with Gasteiger partial charge in [-0.25, -0.2) is 9.48 Å². The van der Waals surface area contributed by atoms with Gasteiger partial charge in [-0.1, -0.05) is 26.6 Å². The Labute approximate surface area is 153 Å². The standard InChI is InChI=1S/C17H26N4O4Si/c1-5-6-25-17(23)16(22)20-14-11-18-9-13-10-19-21(15(13)14)12-24-7-8-26(2,3)4/h9-11H,5-8,12H2,1-4H3,(H,20,22). The number of carbonyl (C=O) groups is 2. The summed E-state index contributed by atoms with van der Waals surface area (Å²) in [6.07, 6.45) is 5.42. The predicted molar refractivity (Wildman–Crippen MR) is 102 cm³/mol. The highest BCUT2D eigenvalue weighted by atomic mass is 28.3. The Bertz CT molecular complexity index is 770. The molecule has 0 aliphatic heterocycles. The second kappa shape index (κ2) is 8.90. The summed E-state index contributed by atoms with van der Waals surface area (Å²) < 4.78 is 12.2. The van der Waals surface area contributed by atoms with E-state index in [1.165, 1.54) is 6.20 Å². The van der Waals surface area contributed by atoms with Crippen LogP contribution in [-0.2, 0) is 25.8 Å². The fraction of sp³-hybridized carbons (Fsp3) is 0.529. The van der Waals surface area contributed by atoms with E-state index in [1.807, 2.05) is 6.92 Å². The molecule has 0 aromatic carbocycles. The molecule has 1 N–H and O–H groups in total. The van der Waals surface area contributed by atoms with Gasteiger partial charge < -0.3 is 14.8 Å². The van der Waals surface area contributed by atoms with Crippen molar-refractivity contribution in [1.82, 2.24) is 14.8 Å². The summed E-state index contributed by atoms with van der Waals surface area (Å²) >= 11 is 0. The molecule has 1 amide bonds. The van der Waals surface area contributed by atoms with Crippen LogP contribution in [0.1, 0.15) is 13.3 Å². The molecule has 2 heterocycles. The van der Waals surface area contributed by atoms with Crippen molar-refractivity contribution >= 4 is 36.5 Å². The molecule has 9 heteroatoms. The second-order valence-corrected chi connectivity index (χ2v) is 12.8. The zero-order valence-corrected chi connectivity index (χ0v) is 16.7. The van der Waals surface area contributed by atoms with Crippen LogP contribution >= 0.6 is 0 Å². The third-order valence-electron chi connectivity index (χ3n) is 3.62. The van der Waals surface area contributed by atoms with E-state index in [0.717, 1.165) is 11.4 Å². The van der Waals surface area contributed by atoms with Gasteiger partial charge >= 0.3 is 11.9 Å². The number of anilines is 1. The van der Waals surface area contributed by atoms with Crippen molar-refractivity contribution in [2.45, 2.75) is 45.8 Å². The van der Waals surface area contributed by atoms with Gasteiger partial charge in [0, 0.05) is 26.3 Å². The van der Waals surface area contributed by atoms with Gasteiger partial charge in [0.25, 0.3) is 0 Å². The maximum atomic E-state index is 12.0. The molecule has 0 saturated carbocycles. The first-order valence-corrected chi connectivity index (χ1v) is 12.4. The molecule has 0 aliphatic carbocycles. The lowest BCUT2D eigenvalue weighted by Crippen LogP contribution is -2.25. The van der Waals surface area contributed by atoms with E-state index in [-0.39, 0.29) is 13.3 Å². The molecule has 0 atom stereocenters. The van der Waals surface area contributed by atoms with Crippen LogP contribution in [0.5, 0.6) is 0 Å². The van der Waals surface area contributed by atoms with Crippen molar-refractivity contribution in [3.05, 3.63) is 18.6 Å². The van der Waals surface area contributed by atoms with Crippen LogP contribution in [0.2, 0.25) is 25.7 Å². The number of hydrogen-bond acceptors (Lipinski definition) is 6. The maximum absolute atomic E-state index is 12.0. The molecule has 0 unspecified atom stereocenters. The van der Waals surface area contributed by atoms with E-state index in [9.17, 15) is 9.59 Å². The second-order valence-electron chi connectivity index (χ2n) is 7.21. The zero-order chi connectivity index (χ0) is 19.2. The third-order valence-corrected chi connectivity index (χ3v) is 5.33. The Morgan fingerprint density at radius 1 is 1.19 bits per heavy atom. The van der Waals surface area contributed by atoms with Gasteiger partial charge in [-0.3, -0.25) is 9.78 Å². The first-order chi connectivity index (χ1) is 12.3. The summed E-state index contributed by atoms with van der Waals surface area (Å²) in [5, 5.41) is 7.59. The molecular weight excluding hydrogens is 352 g/mol. The molecule has 8 nitrogen and oxygen atoms in total. The van der Waals surface area contributed by atoms with Gasteiger partial charge in [0.2, 0.25) is 0 Å². The van der Waals surface area contributed by atoms with Gasteiger partial charge in [-0.2, -0.15) is 5.10 Å². The number of aromatic nitrogens is 3. The zero-order valence-electron chi connectivity index (χ0n) is 15.7. The van der Waals surface area contributed by atoms with Crippen LogP contribution in [0.15, 0.2) is 18.6 Å². The van der Waals surface area contributed by atoms with Crippen LogP contribution in [-0.4, -0.2) is 47.9 Å². The lowest BCUT2D eigenvalue weighted by atomic mass is 10.3. The fourth-order valence-corrected chi connectivity index (χ4v) is 2.95. The Hall–Kier alpha value is -2.26. The van der Waals surface area contributed by atoms with Gasteiger partial charge in [-0.05, 0) is 12.5 Å². The van der Waals surface area contributed by atoms with Crippen molar-refractivity contribution in [2.24, 2.45) is 0 Å². The van der Waals surface area contributed by atoms with Crippen LogP contribution < -0.4 is 5.32 Å². The molecule has 2 aromatic heterocycles. The minimum atomic E-state index is -1.16. The van der Waals surface area contributed by atoms with Gasteiger partial charge in [-0.15, -0.1) is 0 Å². The average molecular weight is 379 g/mol. The molecular formula is C17H26N4O4Si. The van der Waals surface area contributed by atoms with Gasteiger partial charge in [0.05, 0.1) is 30.2 Å². The van der Waals surface area contributed by atoms with Crippen molar-refractivity contribution in [3.63, 3.8) is 0 Å². The summed E-state index contributed by atoms with van der Waals surface area (Å²) in [4.78, 5) is 27.7. The number of fused-ring (bicyclic) bond motifs is 1. The minimum Gasteiger partial charge on any atom is -0.459 e. The van der Waals surface area contributed by atoms with Crippen LogP contribution in [0.3, 0.4) is 0 Å². The van der Waals surface area contributed by atoms with E-state index >= 15 is 0 Å². The van der Waals surface area contributed by atoms with E-state index in [4.69, 9.17) is 9.47 Å². The lowest BCUT2D eigenvalue weighted by Gasteiger charge is -2.15. The van der Waals surface area contributed by atoms with Crippen LogP contribution in [0.4, 0.5) is 5.69 Å². The highest BCUT2D eigenvalue weighted by Crippen LogP contribution is 2.22. The number of hydrogen-bond donors (Lipinski definition) is 1. The van der Waals surface area contributed by atoms with Crippen molar-refractivity contribution < 1.29 is 19.1 Å². The van der Waals surface area contributed by atoms with Crippen molar-refractivity contribution in [2.75, 3.05) is 18.5 Å². The number of esters is 1. The van der Waals surface area contributed by atoms with Crippen molar-refractivity contribution in [3.8, 4) is 0 Å². The molecule has 2 rings (SSSR count). The smallest absolute Gasteiger partial charge is 0.397 e. The quantitative estimate of drug-likeness (QED) is 0.328. The Kier molecular flexibility index (Phi) is 6.87. The number of nitrogens with one attached hydrogen (secondary N) is 1. The molecule has 26 heavy (non-hydrogen) atoms. The Morgan fingerprint density at radius 2 is 1.96 bits per heavy atom. The van der Waals surface area contributed by atoms with Gasteiger partial charge in [0.15, 0.2) is 0 Å². The lowest BCUT2D eigenvalue weighted by molar-refractivity contribution is -0.152. The minimum absolute atomic E-state index is 0.206. The van der Waals surface area contributed by atoms with E-state index in [1.54, 1.807) is 17.1 Å². The highest BCUT2D eigenvalue weighted by Gasteiger charge is 2.18. The highest BCUT2D eigenvalue weighted by molar-refractivity contribution is 6.76. The molecule has 0 saturated heterocycles. The molecule has 2 aromatic rings. The molecule has 0 aliphatic rings. The summed E-state index contributed by atoms with van der Waals surface area (Å²) in [5.41, 5.74) is 1.05. The number of amides is 1. The summed E-state index contributed by atoms with van der Waals surface area (Å²) in [7, 11) is -1.16. The average Bonchev–Trinajstić information content (AvgIpc) is 3.00. The number of nitrogens with zero attached hydrogens (tertiary/aromatic N) is 3. The summed E-state index contributed by atoms with van der Waals surface area (Å²) in [6.45, 7) is 9.85. The van der Waals surface area contributed by atoms with E-state index in [2.05, 4.69) is 35.0 Å². The SMILES string of the molecule is CCCOC(=O)C(=O)Nc1cncc2cnn(COCC[Si](C)(C)C)c12. The van der Waals surface area contributed by atoms with Crippen molar-refractivity contribution in [1.29, 1.82) is 0 Å². The first kappa shape index (κ1) is 20.1. The van der Waals surface area contributed by atoms with Crippen LogP contribution in [0.25, 0.3) is 10.9 Å². The topological polar surface area (TPSA) is 95.3 Å². The fourth-order valence-electron chi connectivity index (χ4n) is 2.19. The van der Waals surface area contributed by atoms with E-state index in [0.29, 0.717) is 24.2 Å². The largest absolute Gasteiger partial charge is 0.459 e. The van der Waals surface area contributed by atoms with Crippen LogP contribution in [0, 0.1) is 0 Å². The van der Waals surface area contributed by atoms with E-state index < -0.39 is 20.0 Å². The molecule has 0 bridgehead atoms. The number of pyridine rings is 1. The Balaban J connectivity index is 2.09. The number of rotatable bonds is 8.